The van der Waals surface area contributed by atoms with Crippen LogP contribution in [0.1, 0.15) is 66.2 Å². The van der Waals surface area contributed by atoms with Gasteiger partial charge in [0.25, 0.3) is 0 Å². The predicted octanol–water partition coefficient (Wildman–Crippen LogP) is 4.04. The Labute approximate surface area is 112 Å². The molecule has 0 bridgehead atoms. The number of rotatable bonds is 13. The first-order chi connectivity index (χ1) is 8.70. The molecule has 0 aromatic carbocycles. The fraction of sp³-hybridized carbons (Fsp3) is 1.00. The van der Waals surface area contributed by atoms with Gasteiger partial charge in [-0.1, -0.05) is 26.7 Å². The minimum atomic E-state index is 0.101. The lowest BCUT2D eigenvalue weighted by molar-refractivity contribution is -0.333. The summed E-state index contributed by atoms with van der Waals surface area (Å²) in [6.45, 7) is 9.63. The van der Waals surface area contributed by atoms with Crippen LogP contribution in [-0.4, -0.2) is 25.4 Å². The molecular formula is C14H30O4. The van der Waals surface area contributed by atoms with E-state index in [9.17, 15) is 0 Å². The van der Waals surface area contributed by atoms with Gasteiger partial charge in [0.05, 0.1) is 25.4 Å². The van der Waals surface area contributed by atoms with Crippen molar-refractivity contribution in [1.82, 2.24) is 0 Å². The smallest absolute Gasteiger partial charge is 0.0902 e. The summed E-state index contributed by atoms with van der Waals surface area (Å²) in [5, 5.41) is 0. The third-order valence-electron chi connectivity index (χ3n) is 2.61. The van der Waals surface area contributed by atoms with Gasteiger partial charge < -0.3 is 0 Å². The topological polar surface area (TPSA) is 36.9 Å². The molecule has 0 saturated heterocycles. The number of unbranched alkanes of at least 4 members (excludes halogenated alkanes) is 2. The van der Waals surface area contributed by atoms with Crippen LogP contribution < -0.4 is 0 Å². The van der Waals surface area contributed by atoms with Gasteiger partial charge in [-0.2, -0.15) is 0 Å². The van der Waals surface area contributed by atoms with E-state index in [-0.39, 0.29) is 12.2 Å². The van der Waals surface area contributed by atoms with E-state index in [4.69, 9.17) is 19.6 Å². The summed E-state index contributed by atoms with van der Waals surface area (Å²) < 4.78 is 0. The van der Waals surface area contributed by atoms with Crippen molar-refractivity contribution >= 4 is 0 Å². The molecule has 2 unspecified atom stereocenters. The first-order valence-electron chi connectivity index (χ1n) is 7.27. The molecule has 0 N–H and O–H groups in total. The highest BCUT2D eigenvalue weighted by molar-refractivity contribution is 4.53. The Bertz CT molecular complexity index is 146. The number of hydrogen-bond donors (Lipinski definition) is 0. The second-order valence-corrected chi connectivity index (χ2v) is 4.74. The van der Waals surface area contributed by atoms with Crippen molar-refractivity contribution in [3.63, 3.8) is 0 Å². The lowest BCUT2D eigenvalue weighted by atomic mass is 10.1. The Morgan fingerprint density at radius 3 is 1.44 bits per heavy atom. The van der Waals surface area contributed by atoms with Crippen LogP contribution >= 0.6 is 0 Å². The molecule has 0 radical (unpaired) electrons. The van der Waals surface area contributed by atoms with E-state index in [0.717, 1.165) is 38.5 Å². The van der Waals surface area contributed by atoms with Gasteiger partial charge in [0.1, 0.15) is 0 Å². The standard InChI is InChI=1S/C14H30O4/c1-5-7-11-15-17-13(3)9-10-14(4)18-16-12-8-6-2/h13-14H,5-12H2,1-4H3. The highest BCUT2D eigenvalue weighted by atomic mass is 17.2. The zero-order valence-electron chi connectivity index (χ0n) is 12.4. The first-order valence-corrected chi connectivity index (χ1v) is 7.27. The predicted molar refractivity (Wildman–Crippen MR) is 72.0 cm³/mol. The Hall–Kier alpha value is -0.160. The van der Waals surface area contributed by atoms with Crippen molar-refractivity contribution in [1.29, 1.82) is 0 Å². The second-order valence-electron chi connectivity index (χ2n) is 4.74. The van der Waals surface area contributed by atoms with Crippen molar-refractivity contribution in [2.45, 2.75) is 78.4 Å². The number of hydrogen-bond acceptors (Lipinski definition) is 4. The molecule has 0 aliphatic carbocycles. The zero-order chi connectivity index (χ0) is 13.6. The van der Waals surface area contributed by atoms with Gasteiger partial charge >= 0.3 is 0 Å². The monoisotopic (exact) mass is 262 g/mol. The van der Waals surface area contributed by atoms with Gasteiger partial charge in [-0.15, -0.1) is 0 Å². The van der Waals surface area contributed by atoms with Crippen LogP contribution in [0.2, 0.25) is 0 Å². The summed E-state index contributed by atoms with van der Waals surface area (Å²) in [4.78, 5) is 20.7. The van der Waals surface area contributed by atoms with Gasteiger partial charge in [-0.05, 0) is 39.5 Å². The maximum Gasteiger partial charge on any atom is 0.0902 e. The van der Waals surface area contributed by atoms with E-state index in [2.05, 4.69) is 13.8 Å². The summed E-state index contributed by atoms with van der Waals surface area (Å²) in [5.74, 6) is 0. The van der Waals surface area contributed by atoms with E-state index in [1.807, 2.05) is 13.8 Å². The molecule has 4 heteroatoms. The lowest BCUT2D eigenvalue weighted by Crippen LogP contribution is -2.15. The molecular weight excluding hydrogens is 232 g/mol. The van der Waals surface area contributed by atoms with Gasteiger partial charge in [-0.25, -0.2) is 19.6 Å². The van der Waals surface area contributed by atoms with E-state index in [0.29, 0.717) is 13.2 Å². The van der Waals surface area contributed by atoms with E-state index in [1.165, 1.54) is 0 Å². The van der Waals surface area contributed by atoms with Crippen LogP contribution in [0.4, 0.5) is 0 Å². The van der Waals surface area contributed by atoms with Crippen LogP contribution in [-0.2, 0) is 19.6 Å². The van der Waals surface area contributed by atoms with Crippen molar-refractivity contribution < 1.29 is 19.6 Å². The molecule has 0 fully saturated rings. The van der Waals surface area contributed by atoms with Crippen molar-refractivity contribution in [3.8, 4) is 0 Å². The molecule has 0 saturated carbocycles. The van der Waals surface area contributed by atoms with Crippen LogP contribution in [0.25, 0.3) is 0 Å². The van der Waals surface area contributed by atoms with Crippen LogP contribution in [0.3, 0.4) is 0 Å². The molecule has 4 nitrogen and oxygen atoms in total. The van der Waals surface area contributed by atoms with E-state index in [1.54, 1.807) is 0 Å². The zero-order valence-corrected chi connectivity index (χ0v) is 12.4. The molecule has 110 valence electrons. The Morgan fingerprint density at radius 1 is 0.722 bits per heavy atom. The molecule has 0 aliphatic heterocycles. The largest absolute Gasteiger partial charge is 0.236 e. The van der Waals surface area contributed by atoms with Crippen LogP contribution in [0.5, 0.6) is 0 Å². The molecule has 0 aromatic heterocycles. The SMILES string of the molecule is CCCCOOC(C)CCC(C)OOCCCC. The Kier molecular flexibility index (Phi) is 13.2. The Morgan fingerprint density at radius 2 is 1.11 bits per heavy atom. The summed E-state index contributed by atoms with van der Waals surface area (Å²) in [5.41, 5.74) is 0. The highest BCUT2D eigenvalue weighted by Gasteiger charge is 2.08. The maximum absolute atomic E-state index is 5.24. The summed E-state index contributed by atoms with van der Waals surface area (Å²) >= 11 is 0. The normalized spacial score (nSPS) is 14.7. The molecule has 0 aliphatic rings. The third kappa shape index (κ3) is 12.3. The van der Waals surface area contributed by atoms with Gasteiger partial charge in [0.15, 0.2) is 0 Å². The van der Waals surface area contributed by atoms with E-state index < -0.39 is 0 Å². The fourth-order valence-corrected chi connectivity index (χ4v) is 1.30. The summed E-state index contributed by atoms with van der Waals surface area (Å²) in [6, 6.07) is 0. The molecule has 0 heterocycles. The summed E-state index contributed by atoms with van der Waals surface area (Å²) in [6.07, 6.45) is 6.34. The van der Waals surface area contributed by atoms with Crippen molar-refractivity contribution in [2.24, 2.45) is 0 Å². The Balaban J connectivity index is 3.32. The highest BCUT2D eigenvalue weighted by Crippen LogP contribution is 2.08. The first kappa shape index (κ1) is 17.8. The lowest BCUT2D eigenvalue weighted by Gasteiger charge is -2.15. The minimum Gasteiger partial charge on any atom is -0.236 e. The fourth-order valence-electron chi connectivity index (χ4n) is 1.30. The molecule has 0 aromatic rings. The van der Waals surface area contributed by atoms with Crippen molar-refractivity contribution in [3.05, 3.63) is 0 Å². The molecule has 18 heavy (non-hydrogen) atoms. The van der Waals surface area contributed by atoms with Gasteiger partial charge in [0.2, 0.25) is 0 Å². The van der Waals surface area contributed by atoms with Gasteiger partial charge in [-0.3, -0.25) is 0 Å². The van der Waals surface area contributed by atoms with Gasteiger partial charge in [0, 0.05) is 0 Å². The molecule has 0 rings (SSSR count). The minimum absolute atomic E-state index is 0.101. The quantitative estimate of drug-likeness (QED) is 0.285. The third-order valence-corrected chi connectivity index (χ3v) is 2.61. The average Bonchev–Trinajstić information content (AvgIpc) is 2.37. The van der Waals surface area contributed by atoms with E-state index >= 15 is 0 Å². The van der Waals surface area contributed by atoms with Crippen molar-refractivity contribution in [2.75, 3.05) is 13.2 Å². The van der Waals surface area contributed by atoms with Crippen LogP contribution in [0.15, 0.2) is 0 Å². The maximum atomic E-state index is 5.24. The summed E-state index contributed by atoms with van der Waals surface area (Å²) in [7, 11) is 0. The molecule has 0 amide bonds. The average molecular weight is 262 g/mol. The second kappa shape index (κ2) is 13.3. The van der Waals surface area contributed by atoms with Crippen LogP contribution in [0, 0.1) is 0 Å². The molecule has 2 atom stereocenters. The molecule has 0 spiro atoms.